The smallest absolute Gasteiger partial charge is 0.310 e. The van der Waals surface area contributed by atoms with Gasteiger partial charge in [-0.2, -0.15) is 0 Å². The van der Waals surface area contributed by atoms with Crippen LogP contribution in [0.1, 0.15) is 32.1 Å². The molecule has 2 aliphatic carbocycles. The van der Waals surface area contributed by atoms with Crippen molar-refractivity contribution in [3.05, 3.63) is 0 Å². The number of ketones is 1. The number of carboxylic acid groups (broad SMARTS) is 1. The monoisotopic (exact) mass is 204 g/mol. The molecule has 0 bridgehead atoms. The fourth-order valence-electron chi connectivity index (χ4n) is 1.50. The normalized spacial score (nSPS) is 23.1. The zero-order chi connectivity index (χ0) is 8.77. The van der Waals surface area contributed by atoms with Crippen molar-refractivity contribution in [2.24, 2.45) is 11.3 Å². The lowest BCUT2D eigenvalue weighted by Crippen LogP contribution is -2.19. The van der Waals surface area contributed by atoms with Crippen LogP contribution in [0.2, 0.25) is 0 Å². The van der Waals surface area contributed by atoms with Crippen molar-refractivity contribution in [2.75, 3.05) is 0 Å². The summed E-state index contributed by atoms with van der Waals surface area (Å²) in [6.45, 7) is 0. The third-order valence-corrected chi connectivity index (χ3v) is 2.85. The first-order valence-electron chi connectivity index (χ1n) is 4.40. The van der Waals surface area contributed by atoms with E-state index >= 15 is 0 Å². The molecule has 2 saturated carbocycles. The molecule has 3 nitrogen and oxygen atoms in total. The highest BCUT2D eigenvalue weighted by atomic mass is 35.5. The number of carbonyl (C=O) groups excluding carboxylic acids is 1. The van der Waals surface area contributed by atoms with E-state index in [2.05, 4.69) is 0 Å². The summed E-state index contributed by atoms with van der Waals surface area (Å²) in [7, 11) is 0. The van der Waals surface area contributed by atoms with Crippen molar-refractivity contribution in [1.82, 2.24) is 0 Å². The first kappa shape index (κ1) is 10.5. The van der Waals surface area contributed by atoms with Gasteiger partial charge in [0.15, 0.2) is 0 Å². The van der Waals surface area contributed by atoms with Crippen LogP contribution >= 0.6 is 12.4 Å². The van der Waals surface area contributed by atoms with E-state index < -0.39 is 11.4 Å². The summed E-state index contributed by atoms with van der Waals surface area (Å²) in [5, 5.41) is 8.80. The van der Waals surface area contributed by atoms with Gasteiger partial charge < -0.3 is 5.11 Å². The molecule has 0 saturated heterocycles. The van der Waals surface area contributed by atoms with Crippen LogP contribution in [0.5, 0.6) is 0 Å². The highest BCUT2D eigenvalue weighted by Gasteiger charge is 2.52. The fourth-order valence-corrected chi connectivity index (χ4v) is 1.50. The molecule has 74 valence electrons. The number of rotatable bonds is 4. The number of carboxylic acids is 1. The van der Waals surface area contributed by atoms with Gasteiger partial charge in [-0.05, 0) is 25.7 Å². The van der Waals surface area contributed by atoms with E-state index in [0.717, 1.165) is 12.8 Å². The van der Waals surface area contributed by atoms with Gasteiger partial charge in [-0.25, -0.2) is 0 Å². The van der Waals surface area contributed by atoms with Gasteiger partial charge in [-0.15, -0.1) is 12.4 Å². The standard InChI is InChI=1S/C9H12O3.ClH/c10-7(6-1-2-6)5-9(3-4-9)8(11)12;/h6H,1-5H2,(H,11,12);1H. The van der Waals surface area contributed by atoms with Crippen LogP contribution in [0, 0.1) is 11.3 Å². The van der Waals surface area contributed by atoms with Gasteiger partial charge in [0.1, 0.15) is 5.78 Å². The molecular formula is C9H13ClO3. The molecule has 0 atom stereocenters. The van der Waals surface area contributed by atoms with Gasteiger partial charge in [-0.1, -0.05) is 0 Å². The summed E-state index contributed by atoms with van der Waals surface area (Å²) in [6.07, 6.45) is 3.64. The second-order valence-corrected chi connectivity index (χ2v) is 4.00. The fraction of sp³-hybridized carbons (Fsp3) is 0.778. The van der Waals surface area contributed by atoms with E-state index in [1.54, 1.807) is 0 Å². The Morgan fingerprint density at radius 2 is 1.85 bits per heavy atom. The number of Topliss-reactive ketones (excluding diaryl/α,β-unsaturated/α-hetero) is 1. The minimum Gasteiger partial charge on any atom is -0.481 e. The van der Waals surface area contributed by atoms with Gasteiger partial charge in [0.05, 0.1) is 5.41 Å². The highest BCUT2D eigenvalue weighted by Crippen LogP contribution is 2.50. The Hall–Kier alpha value is -0.570. The van der Waals surface area contributed by atoms with Crippen LogP contribution in [0.4, 0.5) is 0 Å². The van der Waals surface area contributed by atoms with Crippen LogP contribution in [0.25, 0.3) is 0 Å². The van der Waals surface area contributed by atoms with Gasteiger partial charge in [0.2, 0.25) is 0 Å². The minimum atomic E-state index is -0.781. The van der Waals surface area contributed by atoms with Crippen LogP contribution in [0.3, 0.4) is 0 Å². The predicted molar refractivity (Wildman–Crippen MR) is 48.9 cm³/mol. The molecule has 0 aliphatic heterocycles. The molecule has 0 amide bonds. The third kappa shape index (κ3) is 2.02. The van der Waals surface area contributed by atoms with E-state index in [1.165, 1.54) is 0 Å². The average Bonchev–Trinajstić information content (AvgIpc) is 2.84. The molecule has 0 spiro atoms. The Bertz CT molecular complexity index is 241. The zero-order valence-corrected chi connectivity index (χ0v) is 8.10. The predicted octanol–water partition coefficient (Wildman–Crippen LogP) is 1.64. The summed E-state index contributed by atoms with van der Waals surface area (Å²) >= 11 is 0. The molecule has 0 unspecified atom stereocenters. The molecule has 13 heavy (non-hydrogen) atoms. The third-order valence-electron chi connectivity index (χ3n) is 2.85. The van der Waals surface area contributed by atoms with Gasteiger partial charge >= 0.3 is 5.97 Å². The minimum absolute atomic E-state index is 0. The Labute approximate surface area is 82.9 Å². The van der Waals surface area contributed by atoms with Crippen LogP contribution < -0.4 is 0 Å². The van der Waals surface area contributed by atoms with E-state index in [4.69, 9.17) is 5.11 Å². The average molecular weight is 205 g/mol. The Morgan fingerprint density at radius 3 is 2.15 bits per heavy atom. The Kier molecular flexibility index (Phi) is 2.66. The quantitative estimate of drug-likeness (QED) is 0.758. The van der Waals surface area contributed by atoms with Gasteiger partial charge in [0, 0.05) is 12.3 Å². The molecule has 0 radical (unpaired) electrons. The van der Waals surface area contributed by atoms with Crippen molar-refractivity contribution in [3.8, 4) is 0 Å². The van der Waals surface area contributed by atoms with Crippen LogP contribution in [-0.2, 0) is 9.59 Å². The van der Waals surface area contributed by atoms with Crippen molar-refractivity contribution < 1.29 is 14.7 Å². The molecule has 0 heterocycles. The summed E-state index contributed by atoms with van der Waals surface area (Å²) in [6, 6.07) is 0. The molecule has 2 rings (SSSR count). The van der Waals surface area contributed by atoms with E-state index in [-0.39, 0.29) is 30.5 Å². The molecule has 0 aromatic heterocycles. The molecule has 2 aliphatic rings. The second kappa shape index (κ2) is 3.29. The lowest BCUT2D eigenvalue weighted by molar-refractivity contribution is -0.145. The summed E-state index contributed by atoms with van der Waals surface area (Å²) in [5.41, 5.74) is -0.639. The summed E-state index contributed by atoms with van der Waals surface area (Å²) < 4.78 is 0. The van der Waals surface area contributed by atoms with E-state index in [9.17, 15) is 9.59 Å². The largest absolute Gasteiger partial charge is 0.481 e. The number of aliphatic carboxylic acids is 1. The van der Waals surface area contributed by atoms with Crippen LogP contribution in [-0.4, -0.2) is 16.9 Å². The summed E-state index contributed by atoms with van der Waals surface area (Å²) in [5.74, 6) is -0.395. The van der Waals surface area contributed by atoms with Crippen molar-refractivity contribution in [3.63, 3.8) is 0 Å². The topological polar surface area (TPSA) is 54.4 Å². The zero-order valence-electron chi connectivity index (χ0n) is 7.28. The summed E-state index contributed by atoms with van der Waals surface area (Å²) in [4.78, 5) is 22.0. The van der Waals surface area contributed by atoms with Crippen molar-refractivity contribution >= 4 is 24.2 Å². The van der Waals surface area contributed by atoms with E-state index in [1.807, 2.05) is 0 Å². The number of hydrogen-bond acceptors (Lipinski definition) is 2. The van der Waals surface area contributed by atoms with E-state index in [0.29, 0.717) is 12.8 Å². The van der Waals surface area contributed by atoms with Crippen LogP contribution in [0.15, 0.2) is 0 Å². The van der Waals surface area contributed by atoms with Crippen molar-refractivity contribution in [2.45, 2.75) is 32.1 Å². The highest BCUT2D eigenvalue weighted by molar-refractivity contribution is 5.90. The number of hydrogen-bond donors (Lipinski definition) is 1. The first-order valence-corrected chi connectivity index (χ1v) is 4.40. The van der Waals surface area contributed by atoms with Gasteiger partial charge in [0.25, 0.3) is 0 Å². The van der Waals surface area contributed by atoms with Crippen molar-refractivity contribution in [1.29, 1.82) is 0 Å². The lowest BCUT2D eigenvalue weighted by Gasteiger charge is -2.06. The molecule has 2 fully saturated rings. The maximum Gasteiger partial charge on any atom is 0.310 e. The number of carbonyl (C=O) groups is 2. The molecule has 0 aromatic carbocycles. The molecule has 4 heteroatoms. The van der Waals surface area contributed by atoms with Gasteiger partial charge in [-0.3, -0.25) is 9.59 Å². The second-order valence-electron chi connectivity index (χ2n) is 4.00. The Balaban J connectivity index is 0.000000845. The lowest BCUT2D eigenvalue weighted by atomic mass is 9.98. The number of halogens is 1. The SMILES string of the molecule is Cl.O=C(CC1(C(=O)O)CC1)C1CC1. The molecule has 1 N–H and O–H groups in total. The maximum atomic E-state index is 11.3. The first-order chi connectivity index (χ1) is 5.64. The molecule has 0 aromatic rings. The Morgan fingerprint density at radius 1 is 1.31 bits per heavy atom. The maximum absolute atomic E-state index is 11.3. The molecular weight excluding hydrogens is 192 g/mol.